The van der Waals surface area contributed by atoms with Gasteiger partial charge in [0.25, 0.3) is 5.91 Å². The average Bonchev–Trinajstić information content (AvgIpc) is 3.50. The highest BCUT2D eigenvalue weighted by molar-refractivity contribution is 6.15. The third-order valence-electron chi connectivity index (χ3n) is 4.76. The predicted octanol–water partition coefficient (Wildman–Crippen LogP) is 3.22. The van der Waals surface area contributed by atoms with Crippen LogP contribution >= 0.6 is 0 Å². The Morgan fingerprint density at radius 2 is 1.70 bits per heavy atom. The molecule has 5 heteroatoms. The fourth-order valence-corrected chi connectivity index (χ4v) is 2.71. The molecule has 1 fully saturated rings. The van der Waals surface area contributed by atoms with Crippen LogP contribution in [0, 0.1) is 19.8 Å². The van der Waals surface area contributed by atoms with Crippen LogP contribution in [-0.4, -0.2) is 30.8 Å². The smallest absolute Gasteiger partial charge is 0.325 e. The van der Waals surface area contributed by atoms with Crippen LogP contribution in [0.3, 0.4) is 0 Å². The van der Waals surface area contributed by atoms with Crippen molar-refractivity contribution in [3.05, 3.63) is 70.3 Å². The van der Waals surface area contributed by atoms with Gasteiger partial charge in [-0.15, -0.1) is 0 Å². The van der Waals surface area contributed by atoms with Gasteiger partial charge in [0.15, 0.2) is 5.78 Å². The van der Waals surface area contributed by atoms with Gasteiger partial charge in [-0.25, -0.2) is 0 Å². The monoisotopic (exact) mass is 365 g/mol. The van der Waals surface area contributed by atoms with Crippen LogP contribution in [0.2, 0.25) is 0 Å². The number of carbonyl (C=O) groups excluding carboxylic acids is 3. The lowest BCUT2D eigenvalue weighted by Crippen LogP contribution is -2.32. The van der Waals surface area contributed by atoms with Gasteiger partial charge in [0, 0.05) is 11.1 Å². The van der Waals surface area contributed by atoms with Crippen LogP contribution in [0.5, 0.6) is 0 Å². The maximum absolute atomic E-state index is 12.9. The zero-order valence-corrected chi connectivity index (χ0v) is 15.6. The average molecular weight is 365 g/mol. The topological polar surface area (TPSA) is 72.5 Å². The molecule has 0 heterocycles. The van der Waals surface area contributed by atoms with E-state index in [9.17, 15) is 14.4 Å². The number of esters is 1. The van der Waals surface area contributed by atoms with E-state index in [4.69, 9.17) is 4.74 Å². The van der Waals surface area contributed by atoms with E-state index in [1.807, 2.05) is 26.0 Å². The second-order valence-corrected chi connectivity index (χ2v) is 6.98. The summed E-state index contributed by atoms with van der Waals surface area (Å²) in [4.78, 5) is 37.1. The molecule has 27 heavy (non-hydrogen) atoms. The molecule has 140 valence electrons. The fraction of sp³-hybridized carbons (Fsp3) is 0.318. The maximum atomic E-state index is 12.9. The Hall–Kier alpha value is -2.95. The summed E-state index contributed by atoms with van der Waals surface area (Å²) in [5.41, 5.74) is 3.20. The van der Waals surface area contributed by atoms with Gasteiger partial charge >= 0.3 is 5.97 Å². The van der Waals surface area contributed by atoms with E-state index in [1.54, 1.807) is 30.3 Å². The van der Waals surface area contributed by atoms with Gasteiger partial charge in [0.1, 0.15) is 6.54 Å². The lowest BCUT2D eigenvalue weighted by Gasteiger charge is -2.10. The van der Waals surface area contributed by atoms with Crippen molar-refractivity contribution in [2.45, 2.75) is 26.7 Å². The first-order valence-electron chi connectivity index (χ1n) is 9.10. The van der Waals surface area contributed by atoms with Crippen LogP contribution in [0.25, 0.3) is 0 Å². The molecule has 3 rings (SSSR count). The van der Waals surface area contributed by atoms with Gasteiger partial charge in [-0.05, 0) is 55.9 Å². The third-order valence-corrected chi connectivity index (χ3v) is 4.76. The first kappa shape index (κ1) is 18.8. The minimum atomic E-state index is -0.467. The highest BCUT2D eigenvalue weighted by atomic mass is 16.5. The highest BCUT2D eigenvalue weighted by Gasteiger charge is 2.23. The van der Waals surface area contributed by atoms with Crippen LogP contribution in [-0.2, 0) is 9.53 Å². The molecular weight excluding hydrogens is 342 g/mol. The van der Waals surface area contributed by atoms with E-state index < -0.39 is 11.9 Å². The Balaban J connectivity index is 1.70. The molecule has 5 nitrogen and oxygen atoms in total. The molecule has 0 bridgehead atoms. The van der Waals surface area contributed by atoms with Crippen molar-refractivity contribution >= 4 is 17.7 Å². The number of ether oxygens (including phenoxy) is 1. The Kier molecular flexibility index (Phi) is 5.69. The summed E-state index contributed by atoms with van der Waals surface area (Å²) in [6, 6.07) is 12.1. The summed E-state index contributed by atoms with van der Waals surface area (Å²) < 4.78 is 5.10. The van der Waals surface area contributed by atoms with Gasteiger partial charge in [-0.1, -0.05) is 30.3 Å². The summed E-state index contributed by atoms with van der Waals surface area (Å²) in [7, 11) is 0. The molecule has 1 saturated carbocycles. The zero-order chi connectivity index (χ0) is 19.4. The highest BCUT2D eigenvalue weighted by Crippen LogP contribution is 2.28. The van der Waals surface area contributed by atoms with E-state index in [0.29, 0.717) is 23.7 Å². The fourth-order valence-electron chi connectivity index (χ4n) is 2.71. The van der Waals surface area contributed by atoms with Crippen LogP contribution in [0.4, 0.5) is 0 Å². The van der Waals surface area contributed by atoms with Gasteiger partial charge in [-0.2, -0.15) is 0 Å². The van der Waals surface area contributed by atoms with E-state index >= 15 is 0 Å². The zero-order valence-electron chi connectivity index (χ0n) is 15.6. The van der Waals surface area contributed by atoms with Crippen LogP contribution in [0.15, 0.2) is 42.5 Å². The number of aryl methyl sites for hydroxylation is 2. The second-order valence-electron chi connectivity index (χ2n) is 6.98. The molecule has 0 unspecified atom stereocenters. The van der Waals surface area contributed by atoms with Crippen LogP contribution < -0.4 is 5.32 Å². The van der Waals surface area contributed by atoms with Crippen molar-refractivity contribution in [3.63, 3.8) is 0 Å². The van der Waals surface area contributed by atoms with Crippen molar-refractivity contribution in [2.24, 2.45) is 5.92 Å². The van der Waals surface area contributed by atoms with Crippen molar-refractivity contribution in [1.29, 1.82) is 0 Å². The van der Waals surface area contributed by atoms with Crippen molar-refractivity contribution < 1.29 is 19.1 Å². The molecule has 0 atom stereocenters. The minimum absolute atomic E-state index is 0.211. The van der Waals surface area contributed by atoms with E-state index in [2.05, 4.69) is 5.32 Å². The quantitative estimate of drug-likeness (QED) is 0.604. The molecule has 0 spiro atoms. The van der Waals surface area contributed by atoms with E-state index in [0.717, 1.165) is 24.0 Å². The first-order chi connectivity index (χ1) is 13.0. The van der Waals surface area contributed by atoms with Crippen molar-refractivity contribution in [3.8, 4) is 0 Å². The number of benzene rings is 2. The number of amides is 1. The molecule has 0 aromatic heterocycles. The normalized spacial score (nSPS) is 13.1. The molecule has 0 aliphatic heterocycles. The van der Waals surface area contributed by atoms with Crippen molar-refractivity contribution in [1.82, 2.24) is 5.32 Å². The minimum Gasteiger partial charge on any atom is -0.464 e. The third kappa shape index (κ3) is 4.82. The number of hydrogen-bond acceptors (Lipinski definition) is 4. The second kappa shape index (κ2) is 8.16. The van der Waals surface area contributed by atoms with Crippen LogP contribution in [0.1, 0.15) is 50.2 Å². The Labute approximate surface area is 158 Å². The number of hydrogen-bond donors (Lipinski definition) is 1. The standard InChI is InChI=1S/C22H23NO4/c1-14-7-10-17(11-15(14)2)21(25)18-5-3-4-6-19(18)22(26)23-12-20(24)27-13-16-8-9-16/h3-7,10-11,16H,8-9,12-13H2,1-2H3,(H,23,26). The maximum Gasteiger partial charge on any atom is 0.325 e. The molecule has 1 N–H and O–H groups in total. The summed E-state index contributed by atoms with van der Waals surface area (Å²) in [6.45, 7) is 4.12. The Morgan fingerprint density at radius 1 is 1.00 bits per heavy atom. The molecule has 0 saturated heterocycles. The first-order valence-corrected chi connectivity index (χ1v) is 9.10. The number of nitrogens with one attached hydrogen (secondary N) is 1. The Morgan fingerprint density at radius 3 is 2.37 bits per heavy atom. The SMILES string of the molecule is Cc1ccc(C(=O)c2ccccc2C(=O)NCC(=O)OCC2CC2)cc1C. The van der Waals surface area contributed by atoms with Crippen molar-refractivity contribution in [2.75, 3.05) is 13.2 Å². The van der Waals surface area contributed by atoms with Gasteiger partial charge < -0.3 is 10.1 Å². The predicted molar refractivity (Wildman–Crippen MR) is 102 cm³/mol. The largest absolute Gasteiger partial charge is 0.464 e. The molecule has 2 aromatic carbocycles. The van der Waals surface area contributed by atoms with E-state index in [1.165, 1.54) is 0 Å². The van der Waals surface area contributed by atoms with Gasteiger partial charge in [0.2, 0.25) is 0 Å². The summed E-state index contributed by atoms with van der Waals surface area (Å²) in [5.74, 6) is -0.680. The molecule has 1 amide bonds. The summed E-state index contributed by atoms with van der Waals surface area (Å²) in [5, 5.41) is 2.54. The number of carbonyl (C=O) groups is 3. The van der Waals surface area contributed by atoms with Gasteiger partial charge in [0.05, 0.1) is 12.2 Å². The molecule has 0 radical (unpaired) electrons. The summed E-state index contributed by atoms with van der Waals surface area (Å²) >= 11 is 0. The Bertz CT molecular complexity index is 884. The molecule has 2 aromatic rings. The summed E-state index contributed by atoms with van der Waals surface area (Å²) in [6.07, 6.45) is 2.18. The van der Waals surface area contributed by atoms with Gasteiger partial charge in [-0.3, -0.25) is 14.4 Å². The lowest BCUT2D eigenvalue weighted by molar-refractivity contribution is -0.142. The van der Waals surface area contributed by atoms with E-state index in [-0.39, 0.29) is 17.9 Å². The number of rotatable bonds is 7. The molecule has 1 aliphatic carbocycles. The molecular formula is C22H23NO4. The number of ketones is 1. The molecule has 1 aliphatic rings. The lowest BCUT2D eigenvalue weighted by atomic mass is 9.95.